The molecule has 5 heterocycles. The number of benzene rings is 8. The fraction of sp³-hybridized carbons (Fsp3) is 0.218. The van der Waals surface area contributed by atoms with E-state index < -0.39 is 58.9 Å². The van der Waals surface area contributed by atoms with Crippen LogP contribution in [0.1, 0.15) is 144 Å². The van der Waals surface area contributed by atoms with Gasteiger partial charge in [0.1, 0.15) is 38.7 Å². The van der Waals surface area contributed by atoms with Crippen LogP contribution in [0.15, 0.2) is 248 Å². The molecular formula is C101H100Cl8F3K2MgN11O16. The zero-order valence-electron chi connectivity index (χ0n) is 80.9. The quantitative estimate of drug-likeness (QED) is 0.00720. The number of anilines is 1. The van der Waals surface area contributed by atoms with Crippen molar-refractivity contribution in [2.24, 2.45) is 0 Å². The molecule has 0 saturated carbocycles. The summed E-state index contributed by atoms with van der Waals surface area (Å²) in [5.41, 5.74) is 17.9. The number of aliphatic carboxylic acids is 1. The summed E-state index contributed by atoms with van der Waals surface area (Å²) in [6.07, 6.45) is -1.68. The molecule has 0 saturated heterocycles. The number of nitrogens with zero attached hydrogens (tertiary/aromatic N) is 5. The number of aromatic amines is 1. The molecule has 41 heteroatoms. The maximum atomic E-state index is 12.3. The number of hydrogen-bond donors (Lipinski definition) is 6. The van der Waals surface area contributed by atoms with Crippen molar-refractivity contribution >= 4 is 181 Å². The molecule has 13 rings (SSSR count). The van der Waals surface area contributed by atoms with Crippen LogP contribution in [-0.2, 0) is 66.0 Å². The maximum absolute atomic E-state index is 12.3. The largest absolute Gasteiger partial charge is 2.00 e. The Hall–Kier alpha value is -9.38. The van der Waals surface area contributed by atoms with E-state index in [9.17, 15) is 46.7 Å². The third-order valence-electron chi connectivity index (χ3n) is 17.5. The molecule has 0 aliphatic carbocycles. The number of H-pyrrole nitrogens is 1. The molecule has 4 amide bonds. The summed E-state index contributed by atoms with van der Waals surface area (Å²) in [6.45, 7) is 27.0. The second-order valence-corrected chi connectivity index (χ2v) is 35.5. The van der Waals surface area contributed by atoms with Gasteiger partial charge in [0.25, 0.3) is 12.0 Å². The number of nitrogens with one attached hydrogen (secondary N) is 5. The molecule has 27 nitrogen and oxygen atoms in total. The summed E-state index contributed by atoms with van der Waals surface area (Å²) < 4.78 is 52.2. The Bertz CT molecular complexity index is 6340. The molecule has 0 unspecified atom stereocenters. The molecule has 8 aromatic carbocycles. The number of aromatic nitrogens is 5. The van der Waals surface area contributed by atoms with Gasteiger partial charge < -0.3 is 79.5 Å². The monoisotopic (exact) mass is 2160 g/mol. The number of hydrogen-bond acceptors (Lipinski definition) is 21. The van der Waals surface area contributed by atoms with Crippen LogP contribution in [0.2, 0.25) is 30.4 Å². The fourth-order valence-electron chi connectivity index (χ4n) is 11.3. The molecule has 0 fully saturated rings. The van der Waals surface area contributed by atoms with E-state index >= 15 is 0 Å². The number of pyridine rings is 5. The van der Waals surface area contributed by atoms with E-state index in [0.29, 0.717) is 74.6 Å². The number of halogens is 11. The Kier molecular flexibility index (Phi) is 58.7. The van der Waals surface area contributed by atoms with Crippen LogP contribution in [0, 0.1) is 18.3 Å². The minimum Gasteiger partial charge on any atom is -1.00 e. The number of amides is 4. The van der Waals surface area contributed by atoms with Gasteiger partial charge >= 0.3 is 156 Å². The van der Waals surface area contributed by atoms with E-state index in [-0.39, 0.29) is 186 Å². The molecule has 13 aromatic rings. The normalized spacial score (nSPS) is 10.4. The van der Waals surface area contributed by atoms with E-state index in [1.54, 1.807) is 81.7 Å². The third kappa shape index (κ3) is 48.5. The van der Waals surface area contributed by atoms with Crippen LogP contribution in [0.5, 0.6) is 0 Å². The van der Waals surface area contributed by atoms with E-state index in [1.807, 2.05) is 226 Å². The van der Waals surface area contributed by atoms with E-state index in [1.165, 1.54) is 17.8 Å². The molecule has 8 N–H and O–H groups in total. The molecule has 142 heavy (non-hydrogen) atoms. The number of nitriles is 1. The van der Waals surface area contributed by atoms with Crippen LogP contribution in [0.25, 0.3) is 66.6 Å². The van der Waals surface area contributed by atoms with Crippen LogP contribution in [0.3, 0.4) is 0 Å². The van der Waals surface area contributed by atoms with Crippen molar-refractivity contribution < 1.29 is 208 Å². The smallest absolute Gasteiger partial charge is 1.00 e. The molecule has 5 aromatic heterocycles. The van der Waals surface area contributed by atoms with Gasteiger partial charge in [0, 0.05) is 104 Å². The fourth-order valence-corrected chi connectivity index (χ4v) is 12.3. The molecule has 0 atom stereocenters. The zero-order chi connectivity index (χ0) is 102. The van der Waals surface area contributed by atoms with Gasteiger partial charge in [-0.1, -0.05) is 203 Å². The Balaban J connectivity index is 0.00000169. The van der Waals surface area contributed by atoms with Crippen molar-refractivity contribution in [3.05, 3.63) is 341 Å². The Labute approximate surface area is 965 Å². The summed E-state index contributed by atoms with van der Waals surface area (Å²) in [5.74, 6) is -2.97. The first-order valence-electron chi connectivity index (χ1n) is 41.4. The Morgan fingerprint density at radius 1 is 0.500 bits per heavy atom. The number of quaternary nitrogens is 1. The van der Waals surface area contributed by atoms with Crippen LogP contribution in [-0.4, -0.2) is 125 Å². The van der Waals surface area contributed by atoms with E-state index in [0.717, 1.165) is 95.1 Å². The molecule has 0 bridgehead atoms. The summed E-state index contributed by atoms with van der Waals surface area (Å²) in [5, 5.41) is 40.9. The van der Waals surface area contributed by atoms with Gasteiger partial charge in [-0.15, -0.1) is 12.4 Å². The van der Waals surface area contributed by atoms with Crippen molar-refractivity contribution in [1.82, 2.24) is 40.9 Å². The third-order valence-corrected chi connectivity index (χ3v) is 19.1. The minimum absolute atomic E-state index is 0. The van der Waals surface area contributed by atoms with Gasteiger partial charge in [0.15, 0.2) is 12.1 Å². The number of Topliss-reactive ketones (excluding diaryl/α,β-unsaturated/α-hetero) is 1. The van der Waals surface area contributed by atoms with Crippen LogP contribution >= 0.6 is 82.0 Å². The molecule has 0 spiro atoms. The topological polar surface area (TPSA) is 413 Å². The first-order valence-corrected chi connectivity index (χ1v) is 43.6. The van der Waals surface area contributed by atoms with Gasteiger partial charge in [-0.3, -0.25) is 24.5 Å². The van der Waals surface area contributed by atoms with Gasteiger partial charge in [-0.05, 0) is 195 Å². The Morgan fingerprint density at radius 3 is 1.21 bits per heavy atom. The molecule has 0 aliphatic heterocycles. The number of carbonyl (C=O) groups is 8. The molecule has 736 valence electrons. The number of carbonyl (C=O) groups excluding carboxylic acids is 8. The molecule has 0 aliphatic rings. The van der Waals surface area contributed by atoms with Crippen molar-refractivity contribution in [3.63, 3.8) is 0 Å². The van der Waals surface area contributed by atoms with Crippen LogP contribution < -0.4 is 158 Å². The van der Waals surface area contributed by atoms with Gasteiger partial charge in [0.2, 0.25) is 0 Å². The van der Waals surface area contributed by atoms with Gasteiger partial charge in [0.05, 0.1) is 57.2 Å². The number of ether oxygens (including phenoxy) is 4. The zero-order valence-corrected chi connectivity index (χ0v) is 93.6. The second kappa shape index (κ2) is 63.8. The number of fused-ring (bicyclic) bond motifs is 2. The number of carboxylic acid groups (broad SMARTS) is 1. The summed E-state index contributed by atoms with van der Waals surface area (Å²) in [4.78, 5) is 122. The SMILES string of the molecule is CC(C)(C)OC(=O)NCc1ccc(-c2nc3ccnc(Cl)c3cc2-c2ccc(Cl)cc2)cc1.CC(C)(C)OC(=O)NCc1ccc(C#N)cc1.CC(C)(C)OC(=O)NCc1ccc(C(=O)Cc2ccc(Cl)cc2)cc1.CC(C)(C)OC(=O)Nc1ccnc(Cl)c1C=O.Cl.O=C([O-])C(F)(F)F.O=CO[O-].[CH2-]c1ccc(Cl)cc1.[Cl-].[H-].[K+].[K+].[Mg+2].[NH3+]Cc1ccc(-c2nc3cc[nH]c(=O)c3cc2-c2ccc(Cl)cc2)cc1. The molecule has 0 radical (unpaired) electrons. The van der Waals surface area contributed by atoms with Crippen molar-refractivity contribution in [1.29, 1.82) is 5.26 Å². The predicted molar refractivity (Wildman–Crippen MR) is 534 cm³/mol. The number of alkyl carbamates (subject to hydrolysis) is 3. The predicted octanol–water partition coefficient (Wildman–Crippen LogP) is 12.6. The number of alkyl halides is 3. The summed E-state index contributed by atoms with van der Waals surface area (Å²) >= 11 is 35.6. The first kappa shape index (κ1) is 131. The average molecular weight is 2170 g/mol. The average Bonchev–Trinajstić information content (AvgIpc) is 0.775. The van der Waals surface area contributed by atoms with Crippen molar-refractivity contribution in [2.75, 3.05) is 5.32 Å². The van der Waals surface area contributed by atoms with Gasteiger partial charge in [-0.25, -0.2) is 39.1 Å². The first-order chi connectivity index (χ1) is 64.5. The van der Waals surface area contributed by atoms with Crippen molar-refractivity contribution in [2.45, 2.75) is 144 Å². The number of ketones is 1. The van der Waals surface area contributed by atoms with E-state index in [4.69, 9.17) is 124 Å². The van der Waals surface area contributed by atoms with E-state index in [2.05, 4.69) is 65.9 Å². The number of aldehydes is 1. The summed E-state index contributed by atoms with van der Waals surface area (Å²) in [6, 6.07) is 71.2. The number of rotatable bonds is 17. The van der Waals surface area contributed by atoms with Gasteiger partial charge in [-0.2, -0.15) is 43.1 Å². The summed E-state index contributed by atoms with van der Waals surface area (Å²) in [7, 11) is 0. The second-order valence-electron chi connectivity index (χ2n) is 33.0. The Morgan fingerprint density at radius 2 is 0.838 bits per heavy atom. The maximum Gasteiger partial charge on any atom is 2.00 e. The van der Waals surface area contributed by atoms with Crippen LogP contribution in [0.4, 0.5) is 38.0 Å². The standard InChI is InChI=1S/C26H23Cl2N3O2.C21H16ClN3O.C20H22ClNO3.C13H16N2O2.C11H13ClN2O3.C7H6Cl.C2HF3O2.CH2O3.2ClH.2K.Mg.H/c1-26(2,3)33-25(32)30-15-16-4-6-18(7-5-16)23-20(17-8-10-19(27)11-9-17)14-21-22(31-23)12-13-29-24(21)28;22-16-7-5-14(6-8-16)17-11-18-19(9-10-24-21(18)26)25-20(17)15-3-1-13(12-23)2-4-15;1-20(2,3)25-19(24)22-13-15-4-8-16(9-5-15)18(23)12-14-6-10-17(21)11-7-14;1-13(2,3)17-12(16)15-9-11-6-4-10(8-14)5-7-11;1-11(2,3)17-10(16)14-8-4-5-13-9(12)7(8)6-15;1-6-2-4-7(8)5-3-6;3-2(4,5)1(6)7;2-1-4-3;;;;;;/h4-14H,15H2,1-3H3,(H,30,32);1-11H,12,23H2,(H,24,26);4-11H,12-13H2,1-3H3,(H,22,24);4-7H,9H2,1-3H3,(H,15,16);4-6H,1-3H3,(H,13,14,16);2-5H,1H2;(H,6,7);1,3H;2*1H;;;;/q;;;;;-1;;;;;2*+1;+2;-1/p-2. The molecular weight excluding hydrogens is 2070 g/mol. The van der Waals surface area contributed by atoms with Crippen molar-refractivity contribution in [3.8, 4) is 50.8 Å². The minimum atomic E-state index is -5.19. The number of carboxylic acids is 1.